The van der Waals surface area contributed by atoms with Crippen molar-refractivity contribution < 1.29 is 4.79 Å². The number of nitrogens with zero attached hydrogens (tertiary/aromatic N) is 2. The summed E-state index contributed by atoms with van der Waals surface area (Å²) in [6.07, 6.45) is 7.59. The first-order valence-electron chi connectivity index (χ1n) is 6.12. The van der Waals surface area contributed by atoms with Crippen molar-refractivity contribution >= 4 is 6.29 Å². The van der Waals surface area contributed by atoms with Crippen LogP contribution < -0.4 is 10.6 Å². The lowest BCUT2D eigenvalue weighted by atomic mass is 9.87. The zero-order chi connectivity index (χ0) is 12.3. The summed E-state index contributed by atoms with van der Waals surface area (Å²) in [6.45, 7) is 0. The summed E-state index contributed by atoms with van der Waals surface area (Å²) in [5.74, 6) is 0. The van der Waals surface area contributed by atoms with Crippen molar-refractivity contribution in [2.24, 2.45) is 0 Å². The fraction of sp³-hybridized carbons (Fsp3) is 0.667. The van der Waals surface area contributed by atoms with Gasteiger partial charge < -0.3 is 10.6 Å². The number of aldehydes is 1. The van der Waals surface area contributed by atoms with Crippen molar-refractivity contribution in [1.29, 1.82) is 0 Å². The van der Waals surface area contributed by atoms with Gasteiger partial charge in [-0.1, -0.05) is 0 Å². The van der Waals surface area contributed by atoms with Gasteiger partial charge in [0.2, 0.25) is 0 Å². The largest absolute Gasteiger partial charge is 0.315 e. The molecule has 1 aliphatic rings. The van der Waals surface area contributed by atoms with E-state index in [1.54, 1.807) is 6.20 Å². The van der Waals surface area contributed by atoms with Gasteiger partial charge >= 0.3 is 0 Å². The summed E-state index contributed by atoms with van der Waals surface area (Å²) in [5.41, 5.74) is 0.654. The molecule has 1 aliphatic carbocycles. The molecule has 5 heteroatoms. The lowest BCUT2D eigenvalue weighted by molar-refractivity contribution is 0.112. The smallest absolute Gasteiger partial charge is 0.153 e. The number of hydrogen-bond donors (Lipinski definition) is 2. The van der Waals surface area contributed by atoms with Crippen molar-refractivity contribution in [2.45, 2.75) is 37.4 Å². The van der Waals surface area contributed by atoms with E-state index in [9.17, 15) is 4.79 Å². The lowest BCUT2D eigenvalue weighted by Crippen LogP contribution is -2.49. The second-order valence-electron chi connectivity index (χ2n) is 4.63. The Morgan fingerprint density at radius 2 is 2.12 bits per heavy atom. The van der Waals surface area contributed by atoms with Crippen LogP contribution in [-0.4, -0.2) is 42.2 Å². The maximum Gasteiger partial charge on any atom is 0.153 e. The van der Waals surface area contributed by atoms with E-state index in [4.69, 9.17) is 0 Å². The fourth-order valence-corrected chi connectivity index (χ4v) is 2.67. The van der Waals surface area contributed by atoms with E-state index in [1.807, 2.05) is 25.0 Å². The standard InChI is InChI=1S/C12H20N4O/c1-13-11-4-3-10(5-12(11)14-2)16-7-9(8-17)6-15-16/h6-8,10-14H,3-5H2,1-2H3/t10?,11-,12-/m0/s1. The van der Waals surface area contributed by atoms with Gasteiger partial charge in [-0.05, 0) is 33.4 Å². The molecule has 0 saturated heterocycles. The second-order valence-corrected chi connectivity index (χ2v) is 4.63. The first-order chi connectivity index (χ1) is 8.28. The summed E-state index contributed by atoms with van der Waals surface area (Å²) in [7, 11) is 4.01. The molecule has 94 valence electrons. The SMILES string of the molecule is CN[C@H]1CCC(n2cc(C=O)cn2)C[C@@H]1NC. The molecule has 1 unspecified atom stereocenters. The van der Waals surface area contributed by atoms with Crippen molar-refractivity contribution in [3.05, 3.63) is 18.0 Å². The third kappa shape index (κ3) is 2.56. The van der Waals surface area contributed by atoms with Gasteiger partial charge in [0.15, 0.2) is 6.29 Å². The Balaban J connectivity index is 2.06. The summed E-state index contributed by atoms with van der Waals surface area (Å²) in [6, 6.07) is 1.38. The van der Waals surface area contributed by atoms with Gasteiger partial charge in [0.1, 0.15) is 0 Å². The molecule has 0 radical (unpaired) electrons. The van der Waals surface area contributed by atoms with Crippen LogP contribution in [0.1, 0.15) is 35.7 Å². The second kappa shape index (κ2) is 5.42. The fourth-order valence-electron chi connectivity index (χ4n) is 2.67. The van der Waals surface area contributed by atoms with E-state index < -0.39 is 0 Å². The van der Waals surface area contributed by atoms with E-state index in [1.165, 1.54) is 0 Å². The number of rotatable bonds is 4. The Morgan fingerprint density at radius 3 is 2.71 bits per heavy atom. The van der Waals surface area contributed by atoms with Crippen LogP contribution in [0.2, 0.25) is 0 Å². The van der Waals surface area contributed by atoms with E-state index in [0.717, 1.165) is 25.5 Å². The summed E-state index contributed by atoms with van der Waals surface area (Å²) in [5, 5.41) is 11.0. The third-order valence-corrected chi connectivity index (χ3v) is 3.70. The number of hydrogen-bond acceptors (Lipinski definition) is 4. The maximum atomic E-state index is 10.6. The predicted octanol–water partition coefficient (Wildman–Crippen LogP) is 0.597. The average Bonchev–Trinajstić information content (AvgIpc) is 2.86. The molecule has 0 aliphatic heterocycles. The molecule has 5 nitrogen and oxygen atoms in total. The van der Waals surface area contributed by atoms with Gasteiger partial charge in [-0.3, -0.25) is 9.48 Å². The molecule has 2 N–H and O–H groups in total. The van der Waals surface area contributed by atoms with Crippen LogP contribution in [0.5, 0.6) is 0 Å². The molecule has 1 saturated carbocycles. The van der Waals surface area contributed by atoms with Gasteiger partial charge in [-0.25, -0.2) is 0 Å². The normalized spacial score (nSPS) is 29.2. The lowest BCUT2D eigenvalue weighted by Gasteiger charge is -2.35. The number of likely N-dealkylation sites (N-methyl/N-ethyl adjacent to an activating group) is 2. The zero-order valence-electron chi connectivity index (χ0n) is 10.4. The highest BCUT2D eigenvalue weighted by Gasteiger charge is 2.29. The van der Waals surface area contributed by atoms with Crippen molar-refractivity contribution in [1.82, 2.24) is 20.4 Å². The van der Waals surface area contributed by atoms with Crippen LogP contribution in [0.25, 0.3) is 0 Å². The molecule has 17 heavy (non-hydrogen) atoms. The van der Waals surface area contributed by atoms with E-state index in [0.29, 0.717) is 23.7 Å². The van der Waals surface area contributed by atoms with Crippen LogP contribution in [0, 0.1) is 0 Å². The van der Waals surface area contributed by atoms with E-state index in [2.05, 4.69) is 15.7 Å². The van der Waals surface area contributed by atoms with Crippen molar-refractivity contribution in [3.63, 3.8) is 0 Å². The van der Waals surface area contributed by atoms with Gasteiger partial charge in [0, 0.05) is 18.3 Å². The van der Waals surface area contributed by atoms with Crippen LogP contribution in [0.3, 0.4) is 0 Å². The van der Waals surface area contributed by atoms with Crippen LogP contribution in [0.15, 0.2) is 12.4 Å². The molecule has 1 heterocycles. The van der Waals surface area contributed by atoms with Gasteiger partial charge in [0.25, 0.3) is 0 Å². The Bertz CT molecular complexity index is 376. The van der Waals surface area contributed by atoms with Gasteiger partial charge in [0.05, 0.1) is 17.8 Å². The zero-order valence-corrected chi connectivity index (χ0v) is 10.4. The first-order valence-corrected chi connectivity index (χ1v) is 6.12. The Kier molecular flexibility index (Phi) is 3.91. The maximum absolute atomic E-state index is 10.6. The van der Waals surface area contributed by atoms with Crippen LogP contribution >= 0.6 is 0 Å². The molecule has 0 aromatic carbocycles. The third-order valence-electron chi connectivity index (χ3n) is 3.70. The minimum Gasteiger partial charge on any atom is -0.315 e. The highest BCUT2D eigenvalue weighted by molar-refractivity contribution is 5.73. The monoisotopic (exact) mass is 236 g/mol. The molecule has 1 aromatic heterocycles. The van der Waals surface area contributed by atoms with Crippen molar-refractivity contribution in [3.8, 4) is 0 Å². The summed E-state index contributed by atoms with van der Waals surface area (Å²) >= 11 is 0. The van der Waals surface area contributed by atoms with Gasteiger partial charge in [-0.2, -0.15) is 5.10 Å². The highest BCUT2D eigenvalue weighted by Crippen LogP contribution is 2.28. The number of aromatic nitrogens is 2. The Hall–Kier alpha value is -1.20. The van der Waals surface area contributed by atoms with E-state index >= 15 is 0 Å². The minimum absolute atomic E-state index is 0.394. The molecule has 3 atom stereocenters. The highest BCUT2D eigenvalue weighted by atomic mass is 16.1. The molecule has 0 bridgehead atoms. The quantitative estimate of drug-likeness (QED) is 0.752. The molecule has 0 spiro atoms. The topological polar surface area (TPSA) is 59.0 Å². The first kappa shape index (κ1) is 12.3. The molecule has 1 aromatic rings. The Labute approximate surface area is 102 Å². The van der Waals surface area contributed by atoms with Crippen LogP contribution in [0.4, 0.5) is 0 Å². The summed E-state index contributed by atoms with van der Waals surface area (Å²) < 4.78 is 1.93. The molecule has 0 amide bonds. The predicted molar refractivity (Wildman–Crippen MR) is 66.2 cm³/mol. The van der Waals surface area contributed by atoms with E-state index in [-0.39, 0.29) is 0 Å². The minimum atomic E-state index is 0.394. The Morgan fingerprint density at radius 1 is 1.35 bits per heavy atom. The average molecular weight is 236 g/mol. The molecular formula is C12H20N4O. The summed E-state index contributed by atoms with van der Waals surface area (Å²) in [4.78, 5) is 10.6. The van der Waals surface area contributed by atoms with Crippen LogP contribution in [-0.2, 0) is 0 Å². The number of carbonyl (C=O) groups is 1. The molecule has 1 fully saturated rings. The number of nitrogens with one attached hydrogen (secondary N) is 2. The molecular weight excluding hydrogens is 216 g/mol. The van der Waals surface area contributed by atoms with Crippen molar-refractivity contribution in [2.75, 3.05) is 14.1 Å². The van der Waals surface area contributed by atoms with Gasteiger partial charge in [-0.15, -0.1) is 0 Å². The molecule has 2 rings (SSSR count). The number of carbonyl (C=O) groups excluding carboxylic acids is 1.